The van der Waals surface area contributed by atoms with Crippen LogP contribution in [0, 0.1) is 39.9 Å². The number of hydrogen-bond acceptors (Lipinski definition) is 0. The van der Waals surface area contributed by atoms with Crippen molar-refractivity contribution in [2.45, 2.75) is 31.9 Å². The Kier molecular flexibility index (Phi) is 0.460. The van der Waals surface area contributed by atoms with Gasteiger partial charge in [0.1, 0.15) is 6.17 Å². The number of halogens is 1. The maximum atomic E-state index is 13.7. The Morgan fingerprint density at radius 1 is 1.08 bits per heavy atom. The van der Waals surface area contributed by atoms with Crippen molar-refractivity contribution in [3.05, 3.63) is 0 Å². The molecule has 1 heteroatoms. The van der Waals surface area contributed by atoms with Gasteiger partial charge in [-0.05, 0) is 54.3 Å². The van der Waals surface area contributed by atoms with Gasteiger partial charge in [0.25, 0.3) is 0 Å². The van der Waals surface area contributed by atoms with Crippen LogP contribution in [0.1, 0.15) is 25.7 Å². The summed E-state index contributed by atoms with van der Waals surface area (Å²) >= 11 is 0. The predicted molar refractivity (Wildman–Crippen MR) is 44.6 cm³/mol. The van der Waals surface area contributed by atoms with Crippen molar-refractivity contribution in [3.63, 3.8) is 0 Å². The van der Waals surface area contributed by atoms with Crippen molar-refractivity contribution in [1.82, 2.24) is 0 Å². The fraction of sp³-hybridized carbons (Fsp3) is 1.00. The molecule has 7 aliphatic carbocycles. The average Bonchev–Trinajstić information content (AvgIpc) is 2.75. The van der Waals surface area contributed by atoms with Gasteiger partial charge in [-0.15, -0.1) is 0 Å². The molecule has 3 bridgehead atoms. The lowest BCUT2D eigenvalue weighted by Crippen LogP contribution is -2.62. The van der Waals surface area contributed by atoms with Crippen molar-refractivity contribution in [2.24, 2.45) is 39.9 Å². The Labute approximate surface area is 76.9 Å². The summed E-state index contributed by atoms with van der Waals surface area (Å²) in [5, 5.41) is 0. The summed E-state index contributed by atoms with van der Waals surface area (Å²) in [4.78, 5) is 0. The first-order valence-electron chi connectivity index (χ1n) is 5.89. The minimum atomic E-state index is -0.352. The molecule has 68 valence electrons. The predicted octanol–water partition coefficient (Wildman–Crippen LogP) is 2.39. The molecule has 7 fully saturated rings. The zero-order chi connectivity index (χ0) is 8.22. The molecule has 6 unspecified atom stereocenters. The summed E-state index contributed by atoms with van der Waals surface area (Å²) in [5.41, 5.74) is 1.79. The van der Waals surface area contributed by atoms with Crippen LogP contribution in [0.15, 0.2) is 0 Å². The summed E-state index contributed by atoms with van der Waals surface area (Å²) in [7, 11) is 0. The molecule has 0 radical (unpaired) electrons. The van der Waals surface area contributed by atoms with Crippen molar-refractivity contribution in [1.29, 1.82) is 0 Å². The van der Waals surface area contributed by atoms with Crippen molar-refractivity contribution in [3.8, 4) is 0 Å². The molecule has 0 nitrogen and oxygen atoms in total. The highest BCUT2D eigenvalue weighted by atomic mass is 19.1. The minimum Gasteiger partial charge on any atom is -0.247 e. The molecule has 0 N–H and O–H groups in total. The van der Waals surface area contributed by atoms with Crippen LogP contribution in [0.4, 0.5) is 4.39 Å². The third-order valence-electron chi connectivity index (χ3n) is 7.34. The lowest BCUT2D eigenvalue weighted by atomic mass is 9.35. The first-order chi connectivity index (χ1) is 6.25. The molecular weight excluding hydrogens is 163 g/mol. The molecule has 0 heterocycles. The highest BCUT2D eigenvalue weighted by molar-refractivity contribution is 5.47. The SMILES string of the molecule is FC1C2C3C4CC5C6(CC12C6)CC435. The van der Waals surface area contributed by atoms with E-state index < -0.39 is 0 Å². The molecule has 6 atom stereocenters. The molecule has 7 rings (SSSR count). The molecular formula is C12H13F. The van der Waals surface area contributed by atoms with Gasteiger partial charge in [0.05, 0.1) is 0 Å². The fourth-order valence-electron chi connectivity index (χ4n) is 7.19. The topological polar surface area (TPSA) is 0 Å². The molecule has 0 saturated heterocycles. The Morgan fingerprint density at radius 3 is 2.69 bits per heavy atom. The Morgan fingerprint density at radius 2 is 1.92 bits per heavy atom. The Balaban J connectivity index is 1.67. The molecule has 7 saturated carbocycles. The Hall–Kier alpha value is -0.0700. The van der Waals surface area contributed by atoms with E-state index in [1.54, 1.807) is 0 Å². The zero-order valence-corrected chi connectivity index (χ0v) is 7.59. The van der Waals surface area contributed by atoms with Gasteiger partial charge in [-0.25, -0.2) is 4.39 Å². The van der Waals surface area contributed by atoms with Crippen molar-refractivity contribution in [2.75, 3.05) is 0 Å². The monoisotopic (exact) mass is 176 g/mol. The van der Waals surface area contributed by atoms with Gasteiger partial charge in [-0.3, -0.25) is 0 Å². The van der Waals surface area contributed by atoms with Crippen molar-refractivity contribution >= 4 is 0 Å². The maximum absolute atomic E-state index is 13.7. The molecule has 13 heavy (non-hydrogen) atoms. The smallest absolute Gasteiger partial charge is 0.110 e. The van der Waals surface area contributed by atoms with Crippen LogP contribution in [-0.2, 0) is 0 Å². The van der Waals surface area contributed by atoms with E-state index in [1.807, 2.05) is 0 Å². The van der Waals surface area contributed by atoms with Crippen LogP contribution in [0.2, 0.25) is 0 Å². The van der Waals surface area contributed by atoms with Gasteiger partial charge >= 0.3 is 0 Å². The van der Waals surface area contributed by atoms with Crippen LogP contribution >= 0.6 is 0 Å². The molecule has 0 aromatic heterocycles. The standard InChI is InChI=1S/C12H13F/c13-9-8-7-5-1-6-10(4-12(5,6)7)2-11(8,9)3-10/h5-9H,1-4H2. The summed E-state index contributed by atoms with van der Waals surface area (Å²) in [6.07, 6.45) is 5.30. The summed E-state index contributed by atoms with van der Waals surface area (Å²) in [6, 6.07) is 0. The Bertz CT molecular complexity index is 365. The van der Waals surface area contributed by atoms with Crippen LogP contribution in [0.3, 0.4) is 0 Å². The van der Waals surface area contributed by atoms with Gasteiger partial charge in [-0.2, -0.15) is 0 Å². The highest BCUT2D eigenvalue weighted by Gasteiger charge is 3.00. The van der Waals surface area contributed by atoms with Gasteiger partial charge in [-0.1, -0.05) is 0 Å². The minimum absolute atomic E-state index is 0.288. The second-order valence-corrected chi connectivity index (χ2v) is 7.09. The van der Waals surface area contributed by atoms with E-state index in [1.165, 1.54) is 25.7 Å². The van der Waals surface area contributed by atoms with Crippen LogP contribution in [-0.4, -0.2) is 6.17 Å². The van der Waals surface area contributed by atoms with E-state index >= 15 is 0 Å². The first kappa shape index (κ1) is 5.72. The van der Waals surface area contributed by atoms with E-state index in [9.17, 15) is 4.39 Å². The molecule has 0 aliphatic heterocycles. The molecule has 7 aliphatic rings. The van der Waals surface area contributed by atoms with E-state index in [-0.39, 0.29) is 11.6 Å². The van der Waals surface area contributed by atoms with Crippen LogP contribution in [0.5, 0.6) is 0 Å². The van der Waals surface area contributed by atoms with Gasteiger partial charge in [0.15, 0.2) is 0 Å². The maximum Gasteiger partial charge on any atom is 0.110 e. The normalized spacial score (nSPS) is 93.5. The van der Waals surface area contributed by atoms with E-state index in [0.717, 1.165) is 28.6 Å². The second kappa shape index (κ2) is 1.05. The molecule has 0 aromatic rings. The molecule has 0 amide bonds. The van der Waals surface area contributed by atoms with Crippen molar-refractivity contribution < 1.29 is 4.39 Å². The average molecular weight is 176 g/mol. The lowest BCUT2D eigenvalue weighted by Gasteiger charge is -2.69. The number of alkyl halides is 1. The summed E-state index contributed by atoms with van der Waals surface area (Å²) in [5.74, 6) is 3.59. The molecule has 3 spiro atoms. The second-order valence-electron chi connectivity index (χ2n) is 7.09. The third-order valence-corrected chi connectivity index (χ3v) is 7.34. The zero-order valence-electron chi connectivity index (χ0n) is 7.59. The fourth-order valence-corrected chi connectivity index (χ4v) is 7.19. The summed E-state index contributed by atoms with van der Waals surface area (Å²) in [6.45, 7) is 0. The van der Waals surface area contributed by atoms with E-state index in [0.29, 0.717) is 5.92 Å². The van der Waals surface area contributed by atoms with E-state index in [2.05, 4.69) is 0 Å². The third kappa shape index (κ3) is 0.271. The first-order valence-corrected chi connectivity index (χ1v) is 5.89. The quantitative estimate of drug-likeness (QED) is 0.531. The molecule has 0 aromatic carbocycles. The largest absolute Gasteiger partial charge is 0.247 e. The van der Waals surface area contributed by atoms with Gasteiger partial charge < -0.3 is 0 Å². The summed E-state index contributed by atoms with van der Waals surface area (Å²) < 4.78 is 13.7. The lowest BCUT2D eigenvalue weighted by molar-refractivity contribution is -0.206. The van der Waals surface area contributed by atoms with E-state index in [4.69, 9.17) is 0 Å². The van der Waals surface area contributed by atoms with Gasteiger partial charge in [0.2, 0.25) is 0 Å². The van der Waals surface area contributed by atoms with Crippen LogP contribution in [0.25, 0.3) is 0 Å². The highest BCUT2D eigenvalue weighted by Crippen LogP contribution is 3.03. The van der Waals surface area contributed by atoms with Gasteiger partial charge in [0, 0.05) is 11.3 Å². The van der Waals surface area contributed by atoms with Crippen LogP contribution < -0.4 is 0 Å². The number of hydrogen-bond donors (Lipinski definition) is 0. The number of rotatable bonds is 0.